The third-order valence-corrected chi connectivity index (χ3v) is 2.04. The minimum atomic E-state index is -0.177. The second-order valence-corrected chi connectivity index (χ2v) is 4.49. The van der Waals surface area contributed by atoms with Crippen molar-refractivity contribution in [1.82, 2.24) is 5.32 Å². The highest BCUT2D eigenvalue weighted by Crippen LogP contribution is 2.29. The smallest absolute Gasteiger partial charge is 0.122 e. The zero-order valence-corrected chi connectivity index (χ0v) is 8.44. The van der Waals surface area contributed by atoms with Crippen LogP contribution in [0.15, 0.2) is 23.5 Å². The van der Waals surface area contributed by atoms with Crippen LogP contribution in [0.25, 0.3) is 0 Å². The van der Waals surface area contributed by atoms with Crippen LogP contribution in [-0.4, -0.2) is 5.50 Å². The van der Waals surface area contributed by atoms with Gasteiger partial charge in [-0.25, -0.2) is 0 Å². The van der Waals surface area contributed by atoms with Crippen molar-refractivity contribution >= 4 is 11.6 Å². The first kappa shape index (κ1) is 9.46. The number of hydrogen-bond donors (Lipinski definition) is 2. The van der Waals surface area contributed by atoms with E-state index in [2.05, 4.69) is 26.1 Å². The summed E-state index contributed by atoms with van der Waals surface area (Å²) in [4.78, 5) is 0. The second kappa shape index (κ2) is 3.02. The lowest BCUT2D eigenvalue weighted by molar-refractivity contribution is 0.508. The minimum absolute atomic E-state index is 0.111. The van der Waals surface area contributed by atoms with Crippen molar-refractivity contribution in [3.63, 3.8) is 0 Å². The predicted molar refractivity (Wildman–Crippen MR) is 52.6 cm³/mol. The van der Waals surface area contributed by atoms with Crippen molar-refractivity contribution in [3.05, 3.63) is 23.5 Å². The van der Waals surface area contributed by atoms with Gasteiger partial charge in [0, 0.05) is 0 Å². The summed E-state index contributed by atoms with van der Waals surface area (Å²) in [6.07, 6.45) is 3.91. The van der Waals surface area contributed by atoms with Gasteiger partial charge < -0.3 is 11.1 Å². The minimum Gasteiger partial charge on any atom is -0.385 e. The topological polar surface area (TPSA) is 38.0 Å². The highest BCUT2D eigenvalue weighted by molar-refractivity contribution is 6.21. The summed E-state index contributed by atoms with van der Waals surface area (Å²) < 4.78 is 0. The van der Waals surface area contributed by atoms with Crippen LogP contribution < -0.4 is 11.1 Å². The van der Waals surface area contributed by atoms with E-state index < -0.39 is 0 Å². The van der Waals surface area contributed by atoms with E-state index in [-0.39, 0.29) is 10.9 Å². The van der Waals surface area contributed by atoms with Gasteiger partial charge in [-0.3, -0.25) is 0 Å². The lowest BCUT2D eigenvalue weighted by Crippen LogP contribution is -2.31. The van der Waals surface area contributed by atoms with E-state index in [4.69, 9.17) is 17.3 Å². The maximum absolute atomic E-state index is 5.90. The van der Waals surface area contributed by atoms with Gasteiger partial charge >= 0.3 is 0 Å². The van der Waals surface area contributed by atoms with Crippen molar-refractivity contribution < 1.29 is 0 Å². The molecule has 0 aliphatic carbocycles. The van der Waals surface area contributed by atoms with Gasteiger partial charge in [-0.2, -0.15) is 0 Å². The summed E-state index contributed by atoms with van der Waals surface area (Å²) in [6, 6.07) is 0. The van der Waals surface area contributed by atoms with E-state index in [0.29, 0.717) is 5.82 Å². The van der Waals surface area contributed by atoms with Crippen molar-refractivity contribution in [2.75, 3.05) is 0 Å². The molecule has 3 heteroatoms. The van der Waals surface area contributed by atoms with Crippen LogP contribution in [0.1, 0.15) is 20.8 Å². The number of dihydropyridines is 1. The van der Waals surface area contributed by atoms with E-state index in [1.54, 1.807) is 0 Å². The first-order valence-electron chi connectivity index (χ1n) is 3.99. The lowest BCUT2D eigenvalue weighted by atomic mass is 9.85. The molecule has 0 fully saturated rings. The Balaban J connectivity index is 2.91. The second-order valence-electron chi connectivity index (χ2n) is 4.02. The molecule has 1 aliphatic rings. The zero-order chi connectivity index (χ0) is 9.35. The van der Waals surface area contributed by atoms with E-state index in [1.807, 2.05) is 12.2 Å². The standard InChI is InChI=1S/C9H15ClN2/c1-9(2,3)6-4-7(10)12-8(11)5-6/h4-5,7,12H,11H2,1-3H3. The predicted octanol–water partition coefficient (Wildman–Crippen LogP) is 1.93. The van der Waals surface area contributed by atoms with Crippen LogP contribution in [0.2, 0.25) is 0 Å². The monoisotopic (exact) mass is 186 g/mol. The number of halogens is 1. The van der Waals surface area contributed by atoms with Gasteiger partial charge in [-0.05, 0) is 23.1 Å². The summed E-state index contributed by atoms with van der Waals surface area (Å²) >= 11 is 5.90. The van der Waals surface area contributed by atoms with Crippen molar-refractivity contribution in [2.45, 2.75) is 26.3 Å². The molecule has 0 spiro atoms. The van der Waals surface area contributed by atoms with Crippen LogP contribution in [-0.2, 0) is 0 Å². The molecule has 0 amide bonds. The van der Waals surface area contributed by atoms with Gasteiger partial charge in [0.05, 0.1) is 5.82 Å². The molecular weight excluding hydrogens is 172 g/mol. The Kier molecular flexibility index (Phi) is 2.38. The Hall–Kier alpha value is -0.630. The fourth-order valence-corrected chi connectivity index (χ4v) is 1.34. The highest BCUT2D eigenvalue weighted by atomic mass is 35.5. The van der Waals surface area contributed by atoms with Crippen molar-refractivity contribution in [1.29, 1.82) is 0 Å². The number of rotatable bonds is 0. The van der Waals surface area contributed by atoms with Gasteiger partial charge in [0.1, 0.15) is 5.50 Å². The van der Waals surface area contributed by atoms with Gasteiger partial charge in [0.15, 0.2) is 0 Å². The molecule has 0 aromatic heterocycles. The average Bonchev–Trinajstić information content (AvgIpc) is 1.82. The summed E-state index contributed by atoms with van der Waals surface area (Å²) in [5.41, 5.74) is 6.75. The number of nitrogens with two attached hydrogens (primary N) is 1. The maximum atomic E-state index is 5.90. The fourth-order valence-electron chi connectivity index (χ4n) is 1.08. The van der Waals surface area contributed by atoms with E-state index in [9.17, 15) is 0 Å². The molecule has 0 aromatic carbocycles. The Morgan fingerprint density at radius 2 is 2.08 bits per heavy atom. The third-order valence-electron chi connectivity index (χ3n) is 1.81. The first-order chi connectivity index (χ1) is 5.39. The van der Waals surface area contributed by atoms with Gasteiger partial charge in [-0.1, -0.05) is 32.4 Å². The quantitative estimate of drug-likeness (QED) is 0.448. The molecule has 0 saturated carbocycles. The molecular formula is C9H15ClN2. The number of hydrogen-bond acceptors (Lipinski definition) is 2. The molecule has 12 heavy (non-hydrogen) atoms. The molecule has 0 saturated heterocycles. The third kappa shape index (κ3) is 2.18. The molecule has 1 unspecified atom stereocenters. The van der Waals surface area contributed by atoms with Crippen LogP contribution in [0.5, 0.6) is 0 Å². The summed E-state index contributed by atoms with van der Waals surface area (Å²) in [5.74, 6) is 0.641. The molecule has 1 atom stereocenters. The van der Waals surface area contributed by atoms with Crippen LogP contribution in [0.4, 0.5) is 0 Å². The Morgan fingerprint density at radius 3 is 2.50 bits per heavy atom. The van der Waals surface area contributed by atoms with Crippen molar-refractivity contribution in [2.24, 2.45) is 11.1 Å². The number of alkyl halides is 1. The molecule has 0 radical (unpaired) electrons. The Labute approximate surface area is 78.5 Å². The lowest BCUT2D eigenvalue weighted by Gasteiger charge is -2.26. The SMILES string of the molecule is CC(C)(C)C1=CC(Cl)NC(N)=C1. The first-order valence-corrected chi connectivity index (χ1v) is 4.43. The van der Waals surface area contributed by atoms with Gasteiger partial charge in [0.25, 0.3) is 0 Å². The highest BCUT2D eigenvalue weighted by Gasteiger charge is 2.19. The molecule has 1 aliphatic heterocycles. The molecule has 0 aromatic rings. The van der Waals surface area contributed by atoms with Crippen LogP contribution >= 0.6 is 11.6 Å². The molecule has 0 bridgehead atoms. The molecule has 3 N–H and O–H groups in total. The van der Waals surface area contributed by atoms with E-state index in [1.165, 1.54) is 5.57 Å². The Bertz CT molecular complexity index is 235. The summed E-state index contributed by atoms with van der Waals surface area (Å²) in [5, 5.41) is 2.91. The van der Waals surface area contributed by atoms with E-state index in [0.717, 1.165) is 0 Å². The average molecular weight is 187 g/mol. The largest absolute Gasteiger partial charge is 0.385 e. The van der Waals surface area contributed by atoms with Gasteiger partial charge in [0.2, 0.25) is 0 Å². The van der Waals surface area contributed by atoms with Crippen LogP contribution in [0.3, 0.4) is 0 Å². The fraction of sp³-hybridized carbons (Fsp3) is 0.556. The number of allylic oxidation sites excluding steroid dienone is 2. The molecule has 2 nitrogen and oxygen atoms in total. The summed E-state index contributed by atoms with van der Waals surface area (Å²) in [7, 11) is 0. The number of nitrogens with one attached hydrogen (secondary N) is 1. The van der Waals surface area contributed by atoms with E-state index >= 15 is 0 Å². The molecule has 68 valence electrons. The Morgan fingerprint density at radius 1 is 1.50 bits per heavy atom. The van der Waals surface area contributed by atoms with Crippen LogP contribution in [0, 0.1) is 5.41 Å². The van der Waals surface area contributed by atoms with Crippen molar-refractivity contribution in [3.8, 4) is 0 Å². The normalized spacial score (nSPS) is 24.2. The summed E-state index contributed by atoms with van der Waals surface area (Å²) in [6.45, 7) is 6.41. The molecule has 1 heterocycles. The molecule has 1 rings (SSSR count). The van der Waals surface area contributed by atoms with Gasteiger partial charge in [-0.15, -0.1) is 0 Å². The maximum Gasteiger partial charge on any atom is 0.122 e. The zero-order valence-electron chi connectivity index (χ0n) is 7.69.